The van der Waals surface area contributed by atoms with Gasteiger partial charge in [-0.15, -0.1) is 0 Å². The highest BCUT2D eigenvalue weighted by molar-refractivity contribution is 7.80. The third kappa shape index (κ3) is 3.95. The lowest BCUT2D eigenvalue weighted by Crippen LogP contribution is -2.48. The van der Waals surface area contributed by atoms with Gasteiger partial charge in [-0.3, -0.25) is 5.43 Å². The highest BCUT2D eigenvalue weighted by Gasteiger charge is 2.51. The number of ether oxygens (including phenoxy) is 1. The predicted octanol–water partition coefficient (Wildman–Crippen LogP) is 5.48. The van der Waals surface area contributed by atoms with E-state index in [1.807, 2.05) is 30.5 Å². The Morgan fingerprint density at radius 1 is 1.03 bits per heavy atom. The molecule has 0 heterocycles. The summed E-state index contributed by atoms with van der Waals surface area (Å²) in [4.78, 5) is 0. The minimum atomic E-state index is 0.449. The Hall–Kier alpha value is -2.40. The molecule has 4 nitrogen and oxygen atoms in total. The van der Waals surface area contributed by atoms with Crippen LogP contribution >= 0.6 is 12.2 Å². The zero-order chi connectivity index (χ0) is 20.6. The first-order valence-corrected chi connectivity index (χ1v) is 11.4. The molecular weight excluding hydrogens is 390 g/mol. The molecule has 6 rings (SSSR count). The van der Waals surface area contributed by atoms with Crippen molar-refractivity contribution < 1.29 is 4.74 Å². The fourth-order valence-electron chi connectivity index (χ4n) is 6.41. The standard InChI is InChI=1S/C25H29N3OS/c1-29-23-4-2-3-22(12-23)27-24(30)28-26-16-17-5-7-21(8-6-17)25-13-18-9-19(14-25)11-20(10-18)15-25/h2-8,12,16,18-20H,9-11,13-15H2,1H3,(H2,27,28,30). The van der Waals surface area contributed by atoms with Crippen LogP contribution < -0.4 is 15.5 Å². The molecule has 0 radical (unpaired) electrons. The summed E-state index contributed by atoms with van der Waals surface area (Å²) >= 11 is 5.32. The van der Waals surface area contributed by atoms with Gasteiger partial charge in [0.1, 0.15) is 5.75 Å². The summed E-state index contributed by atoms with van der Waals surface area (Å²) in [6.45, 7) is 0. The van der Waals surface area contributed by atoms with Crippen molar-refractivity contribution in [1.29, 1.82) is 0 Å². The molecule has 30 heavy (non-hydrogen) atoms. The normalized spacial score (nSPS) is 29.2. The summed E-state index contributed by atoms with van der Waals surface area (Å²) in [5.41, 5.74) is 6.83. The van der Waals surface area contributed by atoms with E-state index in [2.05, 4.69) is 40.1 Å². The zero-order valence-corrected chi connectivity index (χ0v) is 18.3. The highest BCUT2D eigenvalue weighted by atomic mass is 32.1. The smallest absolute Gasteiger partial charge is 0.191 e. The molecule has 0 saturated heterocycles. The first-order chi connectivity index (χ1) is 14.6. The molecule has 4 saturated carbocycles. The first kappa shape index (κ1) is 19.6. The van der Waals surface area contributed by atoms with E-state index < -0.39 is 0 Å². The van der Waals surface area contributed by atoms with E-state index in [4.69, 9.17) is 17.0 Å². The van der Waals surface area contributed by atoms with Gasteiger partial charge in [0.2, 0.25) is 0 Å². The van der Waals surface area contributed by atoms with Gasteiger partial charge >= 0.3 is 0 Å². The van der Waals surface area contributed by atoms with Gasteiger partial charge in [0.15, 0.2) is 5.11 Å². The second-order valence-corrected chi connectivity index (χ2v) is 9.78. The van der Waals surface area contributed by atoms with Gasteiger partial charge in [0.25, 0.3) is 0 Å². The minimum Gasteiger partial charge on any atom is -0.497 e. The number of anilines is 1. The number of hydrogen-bond donors (Lipinski definition) is 2. The maximum atomic E-state index is 5.32. The van der Waals surface area contributed by atoms with Crippen molar-refractivity contribution in [1.82, 2.24) is 5.43 Å². The van der Waals surface area contributed by atoms with Gasteiger partial charge in [-0.1, -0.05) is 30.3 Å². The summed E-state index contributed by atoms with van der Waals surface area (Å²) in [6, 6.07) is 16.7. The van der Waals surface area contributed by atoms with Crippen molar-refractivity contribution in [3.63, 3.8) is 0 Å². The van der Waals surface area contributed by atoms with Gasteiger partial charge in [-0.25, -0.2) is 0 Å². The molecular formula is C25H29N3OS. The van der Waals surface area contributed by atoms with Crippen LogP contribution in [0.15, 0.2) is 53.6 Å². The molecule has 2 aromatic carbocycles. The monoisotopic (exact) mass is 419 g/mol. The van der Waals surface area contributed by atoms with Gasteiger partial charge in [-0.05, 0) is 97.2 Å². The van der Waals surface area contributed by atoms with Gasteiger partial charge in [-0.2, -0.15) is 5.10 Å². The molecule has 156 valence electrons. The number of hydrogen-bond acceptors (Lipinski definition) is 3. The molecule has 0 spiro atoms. The molecule has 5 heteroatoms. The molecule has 4 aliphatic rings. The van der Waals surface area contributed by atoms with Crippen molar-refractivity contribution in [3.05, 3.63) is 59.7 Å². The maximum Gasteiger partial charge on any atom is 0.191 e. The average Bonchev–Trinajstić information content (AvgIpc) is 2.73. The molecule has 4 bridgehead atoms. The predicted molar refractivity (Wildman–Crippen MR) is 126 cm³/mol. The Morgan fingerprint density at radius 2 is 1.70 bits per heavy atom. The number of methoxy groups -OCH3 is 1. The van der Waals surface area contributed by atoms with Crippen LogP contribution in [0.25, 0.3) is 0 Å². The van der Waals surface area contributed by atoms with E-state index in [1.165, 1.54) is 38.5 Å². The van der Waals surface area contributed by atoms with Gasteiger partial charge in [0.05, 0.1) is 13.3 Å². The van der Waals surface area contributed by atoms with Crippen molar-refractivity contribution >= 4 is 29.2 Å². The van der Waals surface area contributed by atoms with E-state index >= 15 is 0 Å². The van der Waals surface area contributed by atoms with E-state index in [1.54, 1.807) is 12.7 Å². The Balaban J connectivity index is 1.19. The molecule has 0 aliphatic heterocycles. The average molecular weight is 420 g/mol. The summed E-state index contributed by atoms with van der Waals surface area (Å²) in [5.74, 6) is 3.70. The van der Waals surface area contributed by atoms with Crippen LogP contribution in [0.1, 0.15) is 49.7 Å². The van der Waals surface area contributed by atoms with E-state index in [9.17, 15) is 0 Å². The molecule has 0 amide bonds. The fourth-order valence-corrected chi connectivity index (χ4v) is 6.58. The number of rotatable bonds is 5. The lowest BCUT2D eigenvalue weighted by molar-refractivity contribution is -0.00518. The molecule has 4 fully saturated rings. The van der Waals surface area contributed by atoms with Crippen LogP contribution in [0.3, 0.4) is 0 Å². The molecule has 4 aliphatic carbocycles. The van der Waals surface area contributed by atoms with Crippen LogP contribution in [-0.4, -0.2) is 18.4 Å². The Labute approximate surface area is 184 Å². The zero-order valence-electron chi connectivity index (χ0n) is 17.4. The number of nitrogens with one attached hydrogen (secondary N) is 2. The quantitative estimate of drug-likeness (QED) is 0.382. The summed E-state index contributed by atoms with van der Waals surface area (Å²) in [5, 5.41) is 7.85. The van der Waals surface area contributed by atoms with Crippen molar-refractivity contribution in [2.24, 2.45) is 22.9 Å². The van der Waals surface area contributed by atoms with E-state index in [0.29, 0.717) is 10.5 Å². The Kier molecular flexibility index (Phi) is 5.23. The third-order valence-corrected chi connectivity index (χ3v) is 7.46. The summed E-state index contributed by atoms with van der Waals surface area (Å²) < 4.78 is 5.23. The SMILES string of the molecule is COc1cccc(NC(=S)NN=Cc2ccc(C34CC5CC(CC(C5)C3)C4)cc2)c1. The Morgan fingerprint density at radius 3 is 2.33 bits per heavy atom. The van der Waals surface area contributed by atoms with Crippen LogP contribution in [0.2, 0.25) is 0 Å². The lowest BCUT2D eigenvalue weighted by atomic mass is 9.48. The van der Waals surface area contributed by atoms with Crippen molar-refractivity contribution in [3.8, 4) is 5.75 Å². The number of hydrazone groups is 1. The van der Waals surface area contributed by atoms with E-state index in [0.717, 1.165) is 34.8 Å². The third-order valence-electron chi connectivity index (χ3n) is 7.27. The molecule has 0 unspecified atom stereocenters. The Bertz CT molecular complexity index is 918. The number of thiocarbonyl (C=S) groups is 1. The highest BCUT2D eigenvalue weighted by Crippen LogP contribution is 2.60. The van der Waals surface area contributed by atoms with Crippen molar-refractivity contribution in [2.75, 3.05) is 12.4 Å². The molecule has 2 N–H and O–H groups in total. The topological polar surface area (TPSA) is 45.6 Å². The van der Waals surface area contributed by atoms with Gasteiger partial charge < -0.3 is 10.1 Å². The minimum absolute atomic E-state index is 0.449. The molecule has 2 aromatic rings. The molecule has 0 aromatic heterocycles. The van der Waals surface area contributed by atoms with Crippen molar-refractivity contribution in [2.45, 2.75) is 43.9 Å². The van der Waals surface area contributed by atoms with Crippen LogP contribution in [0.4, 0.5) is 5.69 Å². The summed E-state index contributed by atoms with van der Waals surface area (Å²) in [6.07, 6.45) is 10.5. The largest absolute Gasteiger partial charge is 0.497 e. The van der Waals surface area contributed by atoms with Crippen LogP contribution in [0.5, 0.6) is 5.75 Å². The number of benzene rings is 2. The van der Waals surface area contributed by atoms with E-state index in [-0.39, 0.29) is 0 Å². The second-order valence-electron chi connectivity index (χ2n) is 9.38. The summed E-state index contributed by atoms with van der Waals surface area (Å²) in [7, 11) is 1.65. The van der Waals surface area contributed by atoms with Gasteiger partial charge in [0, 0.05) is 11.8 Å². The number of nitrogens with zero attached hydrogens (tertiary/aromatic N) is 1. The maximum absolute atomic E-state index is 5.32. The lowest BCUT2D eigenvalue weighted by Gasteiger charge is -2.57. The molecule has 0 atom stereocenters. The first-order valence-electron chi connectivity index (χ1n) is 11.0. The van der Waals surface area contributed by atoms with Crippen LogP contribution in [0, 0.1) is 17.8 Å². The second kappa shape index (κ2) is 8.03. The van der Waals surface area contributed by atoms with Crippen LogP contribution in [-0.2, 0) is 5.41 Å². The fraction of sp³-hybridized carbons (Fsp3) is 0.440.